The number of para-hydroxylation sites is 2. The van der Waals surface area contributed by atoms with Gasteiger partial charge in [-0.2, -0.15) is 0 Å². The van der Waals surface area contributed by atoms with E-state index in [0.29, 0.717) is 0 Å². The summed E-state index contributed by atoms with van der Waals surface area (Å²) in [5.74, 6) is 2.10. The first-order chi connectivity index (χ1) is 29.2. The topological polar surface area (TPSA) is 25.6 Å². The highest BCUT2D eigenvalue weighted by atomic mass is 16.5. The number of hydrogen-bond donors (Lipinski definition) is 0. The van der Waals surface area contributed by atoms with Crippen LogP contribution in [0.25, 0.3) is 28.3 Å². The number of furan rings is 1. The number of fused-ring (bicyclic) bond motifs is 11. The molecule has 3 atom stereocenters. The van der Waals surface area contributed by atoms with E-state index in [2.05, 4.69) is 209 Å². The lowest BCUT2D eigenvalue weighted by atomic mass is 9.58. The SMILES string of the molecule is CC12Cc3ccoc3C=C1C(c1ccc3c(c1)C(C)(C)c1ccccc1-3)=C(c1ccc(N(c3ccccc3)c3ccccc3)cc1)c1ccc3c(c12)OC1(C)C=CC=CC31. The molecule has 0 spiro atoms. The van der Waals surface area contributed by atoms with Crippen molar-refractivity contribution in [3.05, 3.63) is 232 Å². The molecule has 0 N–H and O–H groups in total. The Balaban J connectivity index is 1.14. The highest BCUT2D eigenvalue weighted by molar-refractivity contribution is 6.11. The Labute approximate surface area is 352 Å². The first-order valence-corrected chi connectivity index (χ1v) is 21.2. The Morgan fingerprint density at radius 2 is 1.27 bits per heavy atom. The number of nitrogens with zero attached hydrogens (tertiary/aromatic N) is 1. The van der Waals surface area contributed by atoms with Gasteiger partial charge in [-0.05, 0) is 135 Å². The minimum Gasteiger partial charge on any atom is -0.482 e. The average molecular weight is 776 g/mol. The fourth-order valence-electron chi connectivity index (χ4n) is 11.2. The molecule has 2 heterocycles. The van der Waals surface area contributed by atoms with Crippen molar-refractivity contribution in [1.82, 2.24) is 0 Å². The molecule has 5 aliphatic rings. The lowest BCUT2D eigenvalue weighted by molar-refractivity contribution is 0.152. The van der Waals surface area contributed by atoms with Crippen molar-refractivity contribution in [2.75, 3.05) is 4.90 Å². The Bertz CT molecular complexity index is 2990. The molecular formula is C57H45NO2. The normalized spacial score (nSPS) is 22.1. The van der Waals surface area contributed by atoms with Crippen molar-refractivity contribution in [2.24, 2.45) is 0 Å². The molecule has 3 heteroatoms. The highest BCUT2D eigenvalue weighted by Crippen LogP contribution is 2.62. The number of anilines is 3. The number of ether oxygens (including phenoxy) is 1. The van der Waals surface area contributed by atoms with Crippen LogP contribution in [0.3, 0.4) is 0 Å². The zero-order valence-electron chi connectivity index (χ0n) is 34.4. The third-order valence-electron chi connectivity index (χ3n) is 14.2. The van der Waals surface area contributed by atoms with Gasteiger partial charge in [-0.1, -0.05) is 136 Å². The summed E-state index contributed by atoms with van der Waals surface area (Å²) in [6, 6.07) is 53.5. The third-order valence-corrected chi connectivity index (χ3v) is 14.2. The maximum absolute atomic E-state index is 7.26. The zero-order chi connectivity index (χ0) is 40.4. The minimum absolute atomic E-state index is 0.141. The molecule has 1 aromatic heterocycles. The molecule has 6 aromatic carbocycles. The van der Waals surface area contributed by atoms with Gasteiger partial charge in [0.15, 0.2) is 0 Å². The summed E-state index contributed by atoms with van der Waals surface area (Å²) in [6.07, 6.45) is 13.8. The van der Waals surface area contributed by atoms with Crippen molar-refractivity contribution in [3.63, 3.8) is 0 Å². The Morgan fingerprint density at radius 1 is 0.600 bits per heavy atom. The third kappa shape index (κ3) is 4.90. The summed E-state index contributed by atoms with van der Waals surface area (Å²) < 4.78 is 13.5. The Hall–Kier alpha value is -6.84. The summed E-state index contributed by atoms with van der Waals surface area (Å²) in [5.41, 5.74) is 18.8. The second-order valence-corrected chi connectivity index (χ2v) is 18.0. The molecule has 0 saturated carbocycles. The summed E-state index contributed by atoms with van der Waals surface area (Å²) in [4.78, 5) is 2.33. The van der Waals surface area contributed by atoms with E-state index >= 15 is 0 Å². The van der Waals surface area contributed by atoms with Crippen LogP contribution >= 0.6 is 0 Å². The van der Waals surface area contributed by atoms with Crippen LogP contribution in [0, 0.1) is 0 Å². The molecule has 3 nitrogen and oxygen atoms in total. The molecule has 290 valence electrons. The number of rotatable bonds is 5. The fourth-order valence-corrected chi connectivity index (χ4v) is 11.2. The lowest BCUT2D eigenvalue weighted by Crippen LogP contribution is -2.36. The van der Waals surface area contributed by atoms with E-state index in [1.165, 1.54) is 66.8 Å². The Kier molecular flexibility index (Phi) is 7.37. The van der Waals surface area contributed by atoms with Crippen molar-refractivity contribution < 1.29 is 9.15 Å². The molecule has 4 aliphatic carbocycles. The molecule has 7 aromatic rings. The molecular weight excluding hydrogens is 731 g/mol. The molecule has 3 unspecified atom stereocenters. The quantitative estimate of drug-likeness (QED) is 0.174. The van der Waals surface area contributed by atoms with Crippen molar-refractivity contribution in [2.45, 2.75) is 56.5 Å². The van der Waals surface area contributed by atoms with Crippen LogP contribution < -0.4 is 9.64 Å². The van der Waals surface area contributed by atoms with Crippen molar-refractivity contribution >= 4 is 34.3 Å². The van der Waals surface area contributed by atoms with Crippen molar-refractivity contribution in [3.8, 4) is 16.9 Å². The van der Waals surface area contributed by atoms with Gasteiger partial charge < -0.3 is 14.1 Å². The van der Waals surface area contributed by atoms with Crippen LogP contribution in [0.1, 0.15) is 83.9 Å². The molecule has 0 radical (unpaired) electrons. The summed E-state index contributed by atoms with van der Waals surface area (Å²) in [5, 5.41) is 0. The summed E-state index contributed by atoms with van der Waals surface area (Å²) in [7, 11) is 0. The molecule has 1 aliphatic heterocycles. The molecule has 0 fully saturated rings. The first kappa shape index (κ1) is 35.1. The highest BCUT2D eigenvalue weighted by Gasteiger charge is 2.51. The maximum Gasteiger partial charge on any atom is 0.135 e. The standard InChI is InChI=1S/C57H45NO2/c1-55(2)46-20-12-11-19-42(46)43-27-24-37(33-48(43)55)52-49-34-50-38(30-32-59-50)35-56(49,3)53-45(29-28-44-47-21-13-14-31-57(47,4)60-54(44)53)51(52)36-22-25-41(26-23-36)58(39-15-7-5-8-16-39)40-17-9-6-10-18-40/h5-34,47H,35H2,1-4H3. The van der Waals surface area contributed by atoms with E-state index in [1.807, 2.05) is 6.26 Å². The lowest BCUT2D eigenvalue weighted by Gasteiger charge is -2.44. The van der Waals surface area contributed by atoms with Gasteiger partial charge >= 0.3 is 0 Å². The van der Waals surface area contributed by atoms with Gasteiger partial charge in [0, 0.05) is 44.9 Å². The predicted octanol–water partition coefficient (Wildman–Crippen LogP) is 14.3. The van der Waals surface area contributed by atoms with Crippen LogP contribution in [-0.2, 0) is 17.3 Å². The van der Waals surface area contributed by atoms with Gasteiger partial charge in [0.1, 0.15) is 17.1 Å². The smallest absolute Gasteiger partial charge is 0.135 e. The van der Waals surface area contributed by atoms with Gasteiger partial charge in [-0.3, -0.25) is 0 Å². The largest absolute Gasteiger partial charge is 0.482 e. The number of allylic oxidation sites excluding steroid dienone is 4. The summed E-state index contributed by atoms with van der Waals surface area (Å²) in [6.45, 7) is 9.42. The van der Waals surface area contributed by atoms with Crippen molar-refractivity contribution in [1.29, 1.82) is 0 Å². The van der Waals surface area contributed by atoms with E-state index in [4.69, 9.17) is 9.15 Å². The van der Waals surface area contributed by atoms with E-state index in [9.17, 15) is 0 Å². The van der Waals surface area contributed by atoms with E-state index < -0.39 is 11.0 Å². The first-order valence-electron chi connectivity index (χ1n) is 21.2. The van der Waals surface area contributed by atoms with Gasteiger partial charge in [-0.25, -0.2) is 0 Å². The van der Waals surface area contributed by atoms with Crippen LogP contribution in [0.2, 0.25) is 0 Å². The maximum atomic E-state index is 7.26. The molecule has 0 amide bonds. The molecule has 0 bridgehead atoms. The molecule has 12 rings (SSSR count). The van der Waals surface area contributed by atoms with E-state index in [1.54, 1.807) is 0 Å². The summed E-state index contributed by atoms with van der Waals surface area (Å²) >= 11 is 0. The predicted molar refractivity (Wildman–Crippen MR) is 245 cm³/mol. The van der Waals surface area contributed by atoms with Gasteiger partial charge in [0.25, 0.3) is 0 Å². The second-order valence-electron chi connectivity index (χ2n) is 18.0. The van der Waals surface area contributed by atoms with Crippen LogP contribution in [0.4, 0.5) is 17.1 Å². The molecule has 60 heavy (non-hydrogen) atoms. The van der Waals surface area contributed by atoms with Crippen LogP contribution in [0.5, 0.6) is 5.75 Å². The number of benzene rings is 6. The fraction of sp³-hybridized carbons (Fsp3) is 0.158. The van der Waals surface area contributed by atoms with E-state index in [-0.39, 0.29) is 11.3 Å². The van der Waals surface area contributed by atoms with Crippen LogP contribution in [0.15, 0.2) is 186 Å². The van der Waals surface area contributed by atoms with Crippen LogP contribution in [-0.4, -0.2) is 5.60 Å². The number of hydrogen-bond acceptors (Lipinski definition) is 3. The van der Waals surface area contributed by atoms with Gasteiger partial charge in [0.2, 0.25) is 0 Å². The van der Waals surface area contributed by atoms with Gasteiger partial charge in [0.05, 0.1) is 6.26 Å². The van der Waals surface area contributed by atoms with E-state index in [0.717, 1.165) is 40.6 Å². The molecule has 0 saturated heterocycles. The second kappa shape index (κ2) is 12.6. The van der Waals surface area contributed by atoms with Gasteiger partial charge in [-0.15, -0.1) is 0 Å². The zero-order valence-corrected chi connectivity index (χ0v) is 34.4. The monoisotopic (exact) mass is 775 g/mol. The Morgan fingerprint density at radius 3 is 2.03 bits per heavy atom. The minimum atomic E-state index is -0.452. The average Bonchev–Trinajstić information content (AvgIpc) is 3.92.